The van der Waals surface area contributed by atoms with Crippen LogP contribution < -0.4 is 20.4 Å². The first-order valence-electron chi connectivity index (χ1n) is 12.2. The number of aryl methyl sites for hydroxylation is 1. The Kier molecular flexibility index (Phi) is 5.64. The number of para-hydroxylation sites is 1. The van der Waals surface area contributed by atoms with Gasteiger partial charge in [0.15, 0.2) is 5.13 Å². The van der Waals surface area contributed by atoms with E-state index in [1.54, 1.807) is 11.3 Å². The maximum atomic E-state index is 12.5. The summed E-state index contributed by atoms with van der Waals surface area (Å²) in [6, 6.07) is 12.0. The van der Waals surface area contributed by atoms with Crippen LogP contribution in [0, 0.1) is 5.92 Å². The van der Waals surface area contributed by atoms with Crippen molar-refractivity contribution in [3.63, 3.8) is 0 Å². The van der Waals surface area contributed by atoms with Gasteiger partial charge in [-0.2, -0.15) is 0 Å². The molecule has 3 aromatic rings. The number of anilines is 3. The molecule has 1 saturated heterocycles. The lowest BCUT2D eigenvalue weighted by atomic mass is 9.97. The molecule has 3 aliphatic rings. The van der Waals surface area contributed by atoms with Gasteiger partial charge in [-0.25, -0.2) is 4.98 Å². The van der Waals surface area contributed by atoms with Crippen LogP contribution in [0.4, 0.5) is 16.5 Å². The van der Waals surface area contributed by atoms with E-state index >= 15 is 0 Å². The summed E-state index contributed by atoms with van der Waals surface area (Å²) >= 11 is 1.71. The summed E-state index contributed by atoms with van der Waals surface area (Å²) in [6.45, 7) is 2.97. The summed E-state index contributed by atoms with van der Waals surface area (Å²) in [5.74, 6) is -0.751. The Hall–Kier alpha value is -3.46. The van der Waals surface area contributed by atoms with E-state index in [0.29, 0.717) is 37.5 Å². The van der Waals surface area contributed by atoms with Crippen molar-refractivity contribution in [1.82, 2.24) is 10.3 Å². The molecule has 1 fully saturated rings. The molecule has 9 heteroatoms. The lowest BCUT2D eigenvalue weighted by Crippen LogP contribution is -2.41. The first-order valence-corrected chi connectivity index (χ1v) is 13.0. The summed E-state index contributed by atoms with van der Waals surface area (Å²) in [7, 11) is 0. The summed E-state index contributed by atoms with van der Waals surface area (Å²) in [4.78, 5) is 46.0. The average molecular weight is 490 g/mol. The summed E-state index contributed by atoms with van der Waals surface area (Å²) in [5, 5.41) is 6.62. The quantitative estimate of drug-likeness (QED) is 0.550. The van der Waals surface area contributed by atoms with Gasteiger partial charge in [0.2, 0.25) is 5.91 Å². The zero-order chi connectivity index (χ0) is 23.9. The third-order valence-corrected chi connectivity index (χ3v) is 8.33. The monoisotopic (exact) mass is 489 g/mol. The maximum absolute atomic E-state index is 12.5. The van der Waals surface area contributed by atoms with E-state index in [-0.39, 0.29) is 5.91 Å². The third kappa shape index (κ3) is 4.25. The van der Waals surface area contributed by atoms with Crippen LogP contribution >= 0.6 is 11.3 Å². The molecule has 4 heterocycles. The zero-order valence-corrected chi connectivity index (χ0v) is 20.2. The number of fused-ring (bicyclic) bond motifs is 1. The van der Waals surface area contributed by atoms with Crippen LogP contribution in [0.25, 0.3) is 10.2 Å². The van der Waals surface area contributed by atoms with E-state index in [0.717, 1.165) is 59.8 Å². The largest absolute Gasteiger partial charge is 0.348 e. The molecule has 0 saturated carbocycles. The Balaban J connectivity index is 1.01. The van der Waals surface area contributed by atoms with Crippen LogP contribution in [-0.2, 0) is 27.2 Å². The smallest absolute Gasteiger partial charge is 0.313 e. The molecule has 180 valence electrons. The summed E-state index contributed by atoms with van der Waals surface area (Å²) < 4.78 is 1.20. The molecule has 2 aromatic carbocycles. The van der Waals surface area contributed by atoms with Crippen molar-refractivity contribution in [2.75, 3.05) is 41.3 Å². The number of amides is 3. The second-order valence-corrected chi connectivity index (χ2v) is 10.5. The minimum Gasteiger partial charge on any atom is -0.348 e. The van der Waals surface area contributed by atoms with Crippen molar-refractivity contribution < 1.29 is 14.4 Å². The summed E-state index contributed by atoms with van der Waals surface area (Å²) in [6.07, 6.45) is 3.83. The maximum Gasteiger partial charge on any atom is 0.313 e. The number of nitrogens with zero attached hydrogens (tertiary/aromatic N) is 3. The van der Waals surface area contributed by atoms with Gasteiger partial charge in [0.1, 0.15) is 0 Å². The Morgan fingerprint density at radius 2 is 1.77 bits per heavy atom. The number of nitrogens with one attached hydrogen (secondary N) is 2. The molecule has 1 aromatic heterocycles. The predicted octanol–water partition coefficient (Wildman–Crippen LogP) is 3.10. The second kappa shape index (κ2) is 8.96. The third-order valence-electron chi connectivity index (χ3n) is 7.23. The van der Waals surface area contributed by atoms with Crippen molar-refractivity contribution in [1.29, 1.82) is 0 Å². The average Bonchev–Trinajstić information content (AvgIpc) is 3.50. The molecule has 2 N–H and O–H groups in total. The van der Waals surface area contributed by atoms with Gasteiger partial charge in [0.25, 0.3) is 0 Å². The fourth-order valence-electron chi connectivity index (χ4n) is 5.36. The second-order valence-electron chi connectivity index (χ2n) is 9.50. The first-order chi connectivity index (χ1) is 17.0. The van der Waals surface area contributed by atoms with Crippen LogP contribution in [-0.4, -0.2) is 48.9 Å². The van der Waals surface area contributed by atoms with E-state index in [9.17, 15) is 14.4 Å². The molecular weight excluding hydrogens is 462 g/mol. The van der Waals surface area contributed by atoms with Crippen molar-refractivity contribution >= 4 is 55.8 Å². The van der Waals surface area contributed by atoms with Gasteiger partial charge in [-0.15, -0.1) is 0 Å². The molecule has 0 spiro atoms. The van der Waals surface area contributed by atoms with Gasteiger partial charge in [-0.05, 0) is 67.0 Å². The standard InChI is InChI=1S/C26H27N5O3S/c32-22-6-5-17-13-19(14-18-9-12-31(22)23(17)18)28-25(34)24(33)27-15-16-7-10-30(11-8-16)26-29-20-3-1-2-4-21(20)35-26/h1-4,13-14,16H,5-12,15H2,(H,27,33)(H,28,34). The minimum absolute atomic E-state index is 0.165. The van der Waals surface area contributed by atoms with E-state index in [4.69, 9.17) is 4.98 Å². The fraction of sp³-hybridized carbons (Fsp3) is 0.385. The number of aromatic nitrogens is 1. The number of hydrogen-bond acceptors (Lipinski definition) is 6. The molecule has 35 heavy (non-hydrogen) atoms. The number of benzene rings is 2. The predicted molar refractivity (Wildman–Crippen MR) is 137 cm³/mol. The number of carbonyl (C=O) groups is 3. The van der Waals surface area contributed by atoms with Crippen LogP contribution in [0.1, 0.15) is 30.4 Å². The molecular formula is C26H27N5O3S. The molecule has 0 radical (unpaired) electrons. The zero-order valence-electron chi connectivity index (χ0n) is 19.4. The highest BCUT2D eigenvalue weighted by molar-refractivity contribution is 7.22. The number of hydrogen-bond donors (Lipinski definition) is 2. The van der Waals surface area contributed by atoms with Gasteiger partial charge in [-0.1, -0.05) is 23.5 Å². The molecule has 3 aliphatic heterocycles. The van der Waals surface area contributed by atoms with Gasteiger partial charge in [0, 0.05) is 38.3 Å². The highest BCUT2D eigenvalue weighted by Crippen LogP contribution is 2.38. The Labute approximate surface area is 207 Å². The number of thiazole rings is 1. The Morgan fingerprint density at radius 1 is 1.00 bits per heavy atom. The van der Waals surface area contributed by atoms with Crippen molar-refractivity contribution in [2.24, 2.45) is 5.92 Å². The van der Waals surface area contributed by atoms with Gasteiger partial charge >= 0.3 is 11.8 Å². The van der Waals surface area contributed by atoms with Crippen LogP contribution in [0.2, 0.25) is 0 Å². The van der Waals surface area contributed by atoms with Crippen LogP contribution in [0.5, 0.6) is 0 Å². The van der Waals surface area contributed by atoms with Gasteiger partial charge in [-0.3, -0.25) is 14.4 Å². The normalized spacial score (nSPS) is 17.5. The fourth-order valence-corrected chi connectivity index (χ4v) is 6.38. The van der Waals surface area contributed by atoms with Crippen molar-refractivity contribution in [3.8, 4) is 0 Å². The van der Waals surface area contributed by atoms with Crippen molar-refractivity contribution in [3.05, 3.63) is 47.5 Å². The van der Waals surface area contributed by atoms with Crippen LogP contribution in [0.15, 0.2) is 36.4 Å². The van der Waals surface area contributed by atoms with Crippen LogP contribution in [0.3, 0.4) is 0 Å². The Morgan fingerprint density at radius 3 is 2.57 bits per heavy atom. The number of rotatable bonds is 4. The van der Waals surface area contributed by atoms with E-state index in [1.165, 1.54) is 4.70 Å². The molecule has 3 amide bonds. The SMILES string of the molecule is O=C(NCC1CCN(c2nc3ccccc3s2)CC1)C(=O)Nc1cc2c3c(c1)CCN3C(=O)CC2. The highest BCUT2D eigenvalue weighted by atomic mass is 32.1. The summed E-state index contributed by atoms with van der Waals surface area (Å²) in [5.41, 5.74) is 4.79. The number of piperidine rings is 1. The molecule has 0 unspecified atom stereocenters. The molecule has 0 bridgehead atoms. The molecule has 6 rings (SSSR count). The number of carbonyl (C=O) groups excluding carboxylic acids is 3. The first kappa shape index (κ1) is 22.0. The topological polar surface area (TPSA) is 94.6 Å². The Bertz CT molecular complexity index is 1290. The lowest BCUT2D eigenvalue weighted by Gasteiger charge is -2.31. The van der Waals surface area contributed by atoms with E-state index in [1.807, 2.05) is 35.2 Å². The molecule has 0 aliphatic carbocycles. The lowest BCUT2D eigenvalue weighted by molar-refractivity contribution is -0.136. The molecule has 0 atom stereocenters. The molecule has 8 nitrogen and oxygen atoms in total. The minimum atomic E-state index is -0.647. The van der Waals surface area contributed by atoms with E-state index in [2.05, 4.69) is 21.6 Å². The van der Waals surface area contributed by atoms with E-state index < -0.39 is 11.8 Å². The van der Waals surface area contributed by atoms with Gasteiger partial charge < -0.3 is 20.4 Å². The van der Waals surface area contributed by atoms with Gasteiger partial charge in [0.05, 0.1) is 15.9 Å². The van der Waals surface area contributed by atoms with Crippen molar-refractivity contribution in [2.45, 2.75) is 32.1 Å². The highest BCUT2D eigenvalue weighted by Gasteiger charge is 2.32.